The summed E-state index contributed by atoms with van der Waals surface area (Å²) in [5, 5.41) is 0.256. The van der Waals surface area contributed by atoms with Crippen LogP contribution >= 0.6 is 11.6 Å². The molecule has 0 amide bonds. The lowest BCUT2D eigenvalue weighted by atomic mass is 9.71. The highest BCUT2D eigenvalue weighted by Gasteiger charge is 2.33. The van der Waals surface area contributed by atoms with Gasteiger partial charge in [0.15, 0.2) is 0 Å². The summed E-state index contributed by atoms with van der Waals surface area (Å²) in [6.07, 6.45) is 9.20. The van der Waals surface area contributed by atoms with Crippen molar-refractivity contribution in [1.29, 1.82) is 0 Å². The lowest BCUT2D eigenvalue weighted by Crippen LogP contribution is -2.30. The largest absolute Gasteiger partial charge is 0.298 e. The molecule has 2 heteroatoms. The summed E-state index contributed by atoms with van der Waals surface area (Å²) in [6.45, 7) is 2.29. The zero-order valence-electron chi connectivity index (χ0n) is 10.0. The molecule has 0 radical (unpaired) electrons. The number of carbonyl (C=O) groups is 1. The van der Waals surface area contributed by atoms with Crippen molar-refractivity contribution in [1.82, 2.24) is 0 Å². The minimum absolute atomic E-state index is 0.256. The molecule has 0 aromatic carbocycles. The van der Waals surface area contributed by atoms with Crippen LogP contribution in [-0.2, 0) is 4.79 Å². The van der Waals surface area contributed by atoms with Crippen molar-refractivity contribution in [2.24, 2.45) is 11.8 Å². The molecule has 0 bridgehead atoms. The van der Waals surface area contributed by atoms with Gasteiger partial charge < -0.3 is 0 Å². The van der Waals surface area contributed by atoms with E-state index in [0.717, 1.165) is 31.1 Å². The fraction of sp³-hybridized carbons (Fsp3) is 0.786. The van der Waals surface area contributed by atoms with E-state index in [2.05, 4.69) is 6.92 Å². The Hall–Kier alpha value is -0.300. The lowest BCUT2D eigenvalue weighted by molar-refractivity contribution is -0.105. The molecule has 0 N–H and O–H groups in total. The minimum Gasteiger partial charge on any atom is -0.298 e. The van der Waals surface area contributed by atoms with Crippen LogP contribution in [0.2, 0.25) is 0 Å². The molecular formula is C14H21ClO. The fourth-order valence-electron chi connectivity index (χ4n) is 3.38. The summed E-state index contributed by atoms with van der Waals surface area (Å²) < 4.78 is 0. The van der Waals surface area contributed by atoms with Crippen LogP contribution in [0.3, 0.4) is 0 Å². The number of rotatable bonds is 2. The first-order valence-electron chi connectivity index (χ1n) is 6.55. The molecule has 2 aliphatic rings. The maximum absolute atomic E-state index is 11.1. The second kappa shape index (κ2) is 5.35. The maximum Gasteiger partial charge on any atom is 0.145 e. The van der Waals surface area contributed by atoms with Gasteiger partial charge in [0.1, 0.15) is 6.29 Å². The zero-order valence-corrected chi connectivity index (χ0v) is 10.8. The first-order valence-corrected chi connectivity index (χ1v) is 6.99. The van der Waals surface area contributed by atoms with Crippen LogP contribution in [-0.4, -0.2) is 11.7 Å². The Balaban J connectivity index is 2.25. The molecule has 1 fully saturated rings. The quantitative estimate of drug-likeness (QED) is 0.525. The second-order valence-corrected chi connectivity index (χ2v) is 5.89. The number of halogens is 1. The van der Waals surface area contributed by atoms with E-state index in [1.165, 1.54) is 31.3 Å². The number of carbonyl (C=O) groups excluding carboxylic acids is 1. The highest BCUT2D eigenvalue weighted by molar-refractivity contribution is 6.21. The number of allylic oxidation sites excluding steroid dienone is 2. The number of hydrogen-bond acceptors (Lipinski definition) is 1. The van der Waals surface area contributed by atoms with Crippen molar-refractivity contribution >= 4 is 17.9 Å². The van der Waals surface area contributed by atoms with E-state index >= 15 is 0 Å². The van der Waals surface area contributed by atoms with E-state index in [1.807, 2.05) is 0 Å². The highest BCUT2D eigenvalue weighted by Crippen LogP contribution is 2.42. The van der Waals surface area contributed by atoms with Crippen LogP contribution in [0, 0.1) is 11.8 Å². The van der Waals surface area contributed by atoms with Gasteiger partial charge in [0, 0.05) is 5.38 Å². The molecular weight excluding hydrogens is 220 g/mol. The summed E-state index contributed by atoms with van der Waals surface area (Å²) >= 11 is 6.48. The first kappa shape index (κ1) is 12.2. The van der Waals surface area contributed by atoms with Crippen LogP contribution < -0.4 is 0 Å². The van der Waals surface area contributed by atoms with E-state index < -0.39 is 0 Å². The smallest absolute Gasteiger partial charge is 0.145 e. The Bertz CT molecular complexity index is 285. The second-order valence-electron chi connectivity index (χ2n) is 5.33. The van der Waals surface area contributed by atoms with Crippen LogP contribution in [0.1, 0.15) is 51.9 Å². The number of aldehydes is 1. The van der Waals surface area contributed by atoms with Gasteiger partial charge in [-0.1, -0.05) is 25.3 Å². The monoisotopic (exact) mass is 240 g/mol. The predicted molar refractivity (Wildman–Crippen MR) is 67.7 cm³/mol. The van der Waals surface area contributed by atoms with Crippen molar-refractivity contribution in [2.75, 3.05) is 0 Å². The summed E-state index contributed by atoms with van der Waals surface area (Å²) in [5.41, 5.74) is 2.46. The fourth-order valence-corrected chi connectivity index (χ4v) is 3.93. The Morgan fingerprint density at radius 2 is 1.94 bits per heavy atom. The molecule has 0 aromatic rings. The van der Waals surface area contributed by atoms with Gasteiger partial charge in [-0.25, -0.2) is 0 Å². The highest BCUT2D eigenvalue weighted by atomic mass is 35.5. The van der Waals surface area contributed by atoms with E-state index in [0.29, 0.717) is 11.8 Å². The van der Waals surface area contributed by atoms with Crippen molar-refractivity contribution in [3.63, 3.8) is 0 Å². The lowest BCUT2D eigenvalue weighted by Gasteiger charge is -2.37. The van der Waals surface area contributed by atoms with Crippen LogP contribution in [0.15, 0.2) is 11.1 Å². The van der Waals surface area contributed by atoms with Gasteiger partial charge in [0.2, 0.25) is 0 Å². The zero-order chi connectivity index (χ0) is 11.5. The van der Waals surface area contributed by atoms with Crippen LogP contribution in [0.25, 0.3) is 0 Å². The van der Waals surface area contributed by atoms with E-state index in [1.54, 1.807) is 0 Å². The molecule has 1 nitrogen and oxygen atoms in total. The average Bonchev–Trinajstić information content (AvgIpc) is 2.29. The molecule has 2 rings (SSSR count). The molecule has 1 saturated carbocycles. The van der Waals surface area contributed by atoms with Gasteiger partial charge in [0.05, 0.1) is 0 Å². The molecule has 0 spiro atoms. The number of alkyl halides is 1. The third kappa shape index (κ3) is 2.34. The van der Waals surface area contributed by atoms with Gasteiger partial charge in [-0.3, -0.25) is 4.79 Å². The van der Waals surface area contributed by atoms with Crippen molar-refractivity contribution in [2.45, 2.75) is 57.2 Å². The summed E-state index contributed by atoms with van der Waals surface area (Å²) in [7, 11) is 0. The molecule has 0 heterocycles. The van der Waals surface area contributed by atoms with Crippen LogP contribution in [0.4, 0.5) is 0 Å². The third-order valence-corrected chi connectivity index (χ3v) is 4.73. The van der Waals surface area contributed by atoms with Crippen molar-refractivity contribution < 1.29 is 4.79 Å². The standard InChI is InChI=1S/C14H21ClO/c1-10-5-4-8-13(15)14(10)12-7-3-2-6-11(12)9-16/h9-10,13-14H,2-8H2,1H3. The Morgan fingerprint density at radius 1 is 1.19 bits per heavy atom. The van der Waals surface area contributed by atoms with Gasteiger partial charge in [0.25, 0.3) is 0 Å². The maximum atomic E-state index is 11.1. The van der Waals surface area contributed by atoms with E-state index in [9.17, 15) is 4.79 Å². The Morgan fingerprint density at radius 3 is 2.62 bits per heavy atom. The molecule has 0 aliphatic heterocycles. The molecule has 16 heavy (non-hydrogen) atoms. The van der Waals surface area contributed by atoms with Gasteiger partial charge >= 0.3 is 0 Å². The number of hydrogen-bond donors (Lipinski definition) is 0. The van der Waals surface area contributed by atoms with Gasteiger partial charge in [-0.15, -0.1) is 11.6 Å². The molecule has 3 unspecified atom stereocenters. The van der Waals surface area contributed by atoms with Crippen LogP contribution in [0.5, 0.6) is 0 Å². The topological polar surface area (TPSA) is 17.1 Å². The van der Waals surface area contributed by atoms with E-state index in [4.69, 9.17) is 11.6 Å². The summed E-state index contributed by atoms with van der Waals surface area (Å²) in [4.78, 5) is 11.1. The van der Waals surface area contributed by atoms with E-state index in [-0.39, 0.29) is 5.38 Å². The average molecular weight is 241 g/mol. The SMILES string of the molecule is CC1CCCC(Cl)C1C1=C(C=O)CCCC1. The first-order chi connectivity index (χ1) is 7.74. The molecule has 90 valence electrons. The van der Waals surface area contributed by atoms with Crippen molar-refractivity contribution in [3.05, 3.63) is 11.1 Å². The molecule has 0 aromatic heterocycles. The normalized spacial score (nSPS) is 36.2. The summed E-state index contributed by atoms with van der Waals surface area (Å²) in [6, 6.07) is 0. The molecule has 2 aliphatic carbocycles. The van der Waals surface area contributed by atoms with Gasteiger partial charge in [-0.05, 0) is 49.5 Å². The predicted octanol–water partition coefficient (Wildman–Crippen LogP) is 4.10. The minimum atomic E-state index is 0.256. The summed E-state index contributed by atoms with van der Waals surface area (Å²) in [5.74, 6) is 1.12. The van der Waals surface area contributed by atoms with Gasteiger partial charge in [-0.2, -0.15) is 0 Å². The Kier molecular flexibility index (Phi) is 4.07. The Labute approximate surface area is 103 Å². The molecule has 3 atom stereocenters. The molecule has 0 saturated heterocycles. The third-order valence-electron chi connectivity index (χ3n) is 4.24. The van der Waals surface area contributed by atoms with Crippen molar-refractivity contribution in [3.8, 4) is 0 Å².